The molecule has 1 aromatic rings. The second kappa shape index (κ2) is 5.80. The standard InChI is InChI=1S/C11H17FN2O/c1-14-10(6-7-13)11(15)8-2-4-9(12)5-3-8/h2-5,10-11,14-15H,6-7,13H2,1H3. The molecule has 84 valence electrons. The van der Waals surface area contributed by atoms with E-state index in [4.69, 9.17) is 5.73 Å². The number of halogens is 1. The minimum Gasteiger partial charge on any atom is -0.387 e. The molecule has 0 amide bonds. The maximum absolute atomic E-state index is 12.7. The van der Waals surface area contributed by atoms with Crippen molar-refractivity contribution in [2.75, 3.05) is 13.6 Å². The molecule has 0 spiro atoms. The van der Waals surface area contributed by atoms with Crippen molar-refractivity contribution in [3.05, 3.63) is 35.6 Å². The first-order valence-corrected chi connectivity index (χ1v) is 5.00. The van der Waals surface area contributed by atoms with Gasteiger partial charge in [0.05, 0.1) is 6.10 Å². The Morgan fingerprint density at radius 3 is 2.47 bits per heavy atom. The predicted molar refractivity (Wildman–Crippen MR) is 57.9 cm³/mol. The molecule has 1 rings (SSSR count). The van der Waals surface area contributed by atoms with Crippen molar-refractivity contribution in [3.8, 4) is 0 Å². The van der Waals surface area contributed by atoms with Gasteiger partial charge in [0, 0.05) is 6.04 Å². The largest absolute Gasteiger partial charge is 0.387 e. The molecule has 0 aliphatic heterocycles. The molecular weight excluding hydrogens is 195 g/mol. The summed E-state index contributed by atoms with van der Waals surface area (Å²) in [7, 11) is 1.77. The van der Waals surface area contributed by atoms with Crippen molar-refractivity contribution >= 4 is 0 Å². The fourth-order valence-electron chi connectivity index (χ4n) is 1.53. The minimum absolute atomic E-state index is 0.0968. The third kappa shape index (κ3) is 3.27. The van der Waals surface area contributed by atoms with Crippen LogP contribution in [0.4, 0.5) is 4.39 Å². The Morgan fingerprint density at radius 1 is 1.40 bits per heavy atom. The van der Waals surface area contributed by atoms with Crippen molar-refractivity contribution in [1.82, 2.24) is 5.32 Å². The lowest BCUT2D eigenvalue weighted by atomic mass is 10.00. The first-order chi connectivity index (χ1) is 7.19. The molecule has 0 fully saturated rings. The van der Waals surface area contributed by atoms with E-state index in [0.717, 1.165) is 0 Å². The van der Waals surface area contributed by atoms with Crippen LogP contribution in [0.25, 0.3) is 0 Å². The van der Waals surface area contributed by atoms with E-state index in [9.17, 15) is 9.50 Å². The van der Waals surface area contributed by atoms with Crippen LogP contribution in [0.15, 0.2) is 24.3 Å². The molecule has 1 aromatic carbocycles. The van der Waals surface area contributed by atoms with Crippen molar-refractivity contribution in [3.63, 3.8) is 0 Å². The minimum atomic E-state index is -0.654. The molecular formula is C11H17FN2O. The van der Waals surface area contributed by atoms with Crippen LogP contribution in [0.2, 0.25) is 0 Å². The summed E-state index contributed by atoms with van der Waals surface area (Å²) >= 11 is 0. The molecule has 3 nitrogen and oxygen atoms in total. The second-order valence-electron chi connectivity index (χ2n) is 3.47. The normalized spacial score (nSPS) is 14.9. The van der Waals surface area contributed by atoms with Gasteiger partial charge in [0.2, 0.25) is 0 Å². The molecule has 0 saturated heterocycles. The predicted octanol–water partition coefficient (Wildman–Crippen LogP) is 0.796. The second-order valence-corrected chi connectivity index (χ2v) is 3.47. The fraction of sp³-hybridized carbons (Fsp3) is 0.455. The quantitative estimate of drug-likeness (QED) is 0.676. The van der Waals surface area contributed by atoms with Gasteiger partial charge in [-0.1, -0.05) is 12.1 Å². The molecule has 0 aliphatic carbocycles. The molecule has 2 atom stereocenters. The molecule has 4 N–H and O–H groups in total. The molecule has 0 bridgehead atoms. The number of hydrogen-bond acceptors (Lipinski definition) is 3. The van der Waals surface area contributed by atoms with Crippen LogP contribution in [0, 0.1) is 5.82 Å². The van der Waals surface area contributed by atoms with E-state index in [1.807, 2.05) is 0 Å². The van der Waals surface area contributed by atoms with Crippen LogP contribution in [-0.2, 0) is 0 Å². The molecule has 0 aliphatic rings. The molecule has 0 radical (unpaired) electrons. The molecule has 15 heavy (non-hydrogen) atoms. The number of nitrogens with one attached hydrogen (secondary N) is 1. The van der Waals surface area contributed by atoms with E-state index in [1.54, 1.807) is 19.2 Å². The smallest absolute Gasteiger partial charge is 0.123 e. The van der Waals surface area contributed by atoms with Crippen molar-refractivity contribution in [2.24, 2.45) is 5.73 Å². The van der Waals surface area contributed by atoms with Gasteiger partial charge in [-0.15, -0.1) is 0 Å². The molecule has 2 unspecified atom stereocenters. The van der Waals surface area contributed by atoms with Gasteiger partial charge < -0.3 is 16.2 Å². The maximum atomic E-state index is 12.7. The monoisotopic (exact) mass is 212 g/mol. The lowest BCUT2D eigenvalue weighted by Crippen LogP contribution is -2.34. The lowest BCUT2D eigenvalue weighted by molar-refractivity contribution is 0.129. The summed E-state index contributed by atoms with van der Waals surface area (Å²) in [6.07, 6.45) is 0.0221. The van der Waals surface area contributed by atoms with E-state index < -0.39 is 6.10 Å². The van der Waals surface area contributed by atoms with Gasteiger partial charge in [-0.25, -0.2) is 4.39 Å². The summed E-state index contributed by atoms with van der Waals surface area (Å²) in [5, 5.41) is 13.0. The van der Waals surface area contributed by atoms with Crippen LogP contribution >= 0.6 is 0 Å². The average molecular weight is 212 g/mol. The van der Waals surface area contributed by atoms with Gasteiger partial charge in [-0.05, 0) is 37.7 Å². The van der Waals surface area contributed by atoms with Crippen molar-refractivity contribution in [2.45, 2.75) is 18.6 Å². The number of aliphatic hydroxyl groups excluding tert-OH is 1. The zero-order valence-electron chi connectivity index (χ0n) is 8.78. The Hall–Kier alpha value is -0.970. The third-order valence-corrected chi connectivity index (χ3v) is 2.44. The SMILES string of the molecule is CNC(CCN)C(O)c1ccc(F)cc1. The Labute approximate surface area is 89.1 Å². The summed E-state index contributed by atoms with van der Waals surface area (Å²) in [5.41, 5.74) is 6.13. The highest BCUT2D eigenvalue weighted by Gasteiger charge is 2.18. The van der Waals surface area contributed by atoms with E-state index >= 15 is 0 Å². The van der Waals surface area contributed by atoms with Crippen LogP contribution in [0.1, 0.15) is 18.1 Å². The third-order valence-electron chi connectivity index (χ3n) is 2.44. The van der Waals surface area contributed by atoms with Gasteiger partial charge in [-0.2, -0.15) is 0 Å². The van der Waals surface area contributed by atoms with Crippen molar-refractivity contribution < 1.29 is 9.50 Å². The zero-order chi connectivity index (χ0) is 11.3. The Balaban J connectivity index is 2.73. The van der Waals surface area contributed by atoms with Crippen LogP contribution in [0.5, 0.6) is 0 Å². The highest BCUT2D eigenvalue weighted by molar-refractivity contribution is 5.19. The number of benzene rings is 1. The lowest BCUT2D eigenvalue weighted by Gasteiger charge is -2.22. The van der Waals surface area contributed by atoms with Crippen LogP contribution in [-0.4, -0.2) is 24.7 Å². The highest BCUT2D eigenvalue weighted by atomic mass is 19.1. The Morgan fingerprint density at radius 2 is 2.00 bits per heavy atom. The summed E-state index contributed by atoms with van der Waals surface area (Å²) < 4.78 is 12.7. The number of likely N-dealkylation sites (N-methyl/N-ethyl adjacent to an activating group) is 1. The first kappa shape index (κ1) is 12.1. The Bertz CT molecular complexity index is 289. The topological polar surface area (TPSA) is 58.3 Å². The van der Waals surface area contributed by atoms with Crippen molar-refractivity contribution in [1.29, 1.82) is 0 Å². The molecule has 4 heteroatoms. The molecule has 0 saturated carbocycles. The first-order valence-electron chi connectivity index (χ1n) is 5.00. The average Bonchev–Trinajstić information content (AvgIpc) is 2.26. The van der Waals surface area contributed by atoms with E-state index in [-0.39, 0.29) is 11.9 Å². The maximum Gasteiger partial charge on any atom is 0.123 e. The number of rotatable bonds is 5. The fourth-order valence-corrected chi connectivity index (χ4v) is 1.53. The van der Waals surface area contributed by atoms with Gasteiger partial charge in [0.1, 0.15) is 5.82 Å². The number of hydrogen-bond donors (Lipinski definition) is 3. The molecule has 0 aromatic heterocycles. The van der Waals surface area contributed by atoms with Gasteiger partial charge in [0.25, 0.3) is 0 Å². The van der Waals surface area contributed by atoms with Crippen LogP contribution < -0.4 is 11.1 Å². The highest BCUT2D eigenvalue weighted by Crippen LogP contribution is 2.18. The van der Waals surface area contributed by atoms with Gasteiger partial charge in [0.15, 0.2) is 0 Å². The molecule has 0 heterocycles. The summed E-state index contributed by atoms with van der Waals surface area (Å²) in [5.74, 6) is -0.300. The van der Waals surface area contributed by atoms with Gasteiger partial charge in [-0.3, -0.25) is 0 Å². The summed E-state index contributed by atoms with van der Waals surface area (Å²) in [6, 6.07) is 5.75. The zero-order valence-corrected chi connectivity index (χ0v) is 8.78. The Kier molecular flexibility index (Phi) is 4.68. The number of aliphatic hydroxyl groups is 1. The van der Waals surface area contributed by atoms with E-state index in [0.29, 0.717) is 18.5 Å². The van der Waals surface area contributed by atoms with E-state index in [2.05, 4.69) is 5.32 Å². The number of nitrogens with two attached hydrogens (primary N) is 1. The van der Waals surface area contributed by atoms with E-state index in [1.165, 1.54) is 12.1 Å². The van der Waals surface area contributed by atoms with Crippen LogP contribution in [0.3, 0.4) is 0 Å². The van der Waals surface area contributed by atoms with Gasteiger partial charge >= 0.3 is 0 Å². The summed E-state index contributed by atoms with van der Waals surface area (Å²) in [4.78, 5) is 0. The summed E-state index contributed by atoms with van der Waals surface area (Å²) in [6.45, 7) is 0.504.